The van der Waals surface area contributed by atoms with Crippen molar-refractivity contribution in [2.24, 2.45) is 0 Å². The van der Waals surface area contributed by atoms with Crippen LogP contribution in [0.3, 0.4) is 0 Å². The molecular weight excluding hydrogens is 402 g/mol. The zero-order valence-corrected chi connectivity index (χ0v) is 17.7. The topological polar surface area (TPSA) is 85.0 Å². The Balaban J connectivity index is 1.31. The Labute approximate surface area is 185 Å². The summed E-state index contributed by atoms with van der Waals surface area (Å²) >= 11 is 0. The van der Waals surface area contributed by atoms with Crippen LogP contribution in [0.1, 0.15) is 5.56 Å². The molecule has 0 spiro atoms. The number of aryl methyl sites for hydroxylation is 1. The van der Waals surface area contributed by atoms with E-state index < -0.39 is 0 Å². The van der Waals surface area contributed by atoms with E-state index in [9.17, 15) is 0 Å². The number of benzene rings is 3. The van der Waals surface area contributed by atoms with Crippen molar-refractivity contribution < 1.29 is 9.47 Å². The number of aromatic amines is 1. The van der Waals surface area contributed by atoms with Gasteiger partial charge in [0.2, 0.25) is 5.95 Å². The van der Waals surface area contributed by atoms with Crippen LogP contribution in [0.25, 0.3) is 22.3 Å². The van der Waals surface area contributed by atoms with E-state index in [-0.39, 0.29) is 0 Å². The van der Waals surface area contributed by atoms with E-state index in [2.05, 4.69) is 31.5 Å². The minimum atomic E-state index is 0.504. The second kappa shape index (κ2) is 8.39. The summed E-state index contributed by atoms with van der Waals surface area (Å²) in [4.78, 5) is 8.92. The van der Waals surface area contributed by atoms with Gasteiger partial charge in [0.05, 0.1) is 12.6 Å². The molecule has 0 radical (unpaired) electrons. The summed E-state index contributed by atoms with van der Waals surface area (Å²) in [6.45, 7) is 2.05. The summed E-state index contributed by atoms with van der Waals surface area (Å²) < 4.78 is 11.4. The fourth-order valence-electron chi connectivity index (χ4n) is 3.42. The van der Waals surface area contributed by atoms with Crippen LogP contribution in [0, 0.1) is 6.92 Å². The van der Waals surface area contributed by atoms with Crippen molar-refractivity contribution in [1.82, 2.24) is 20.2 Å². The smallest absolute Gasteiger partial charge is 0.246 e. The van der Waals surface area contributed by atoms with E-state index in [1.807, 2.05) is 73.7 Å². The Hall–Kier alpha value is -4.39. The first-order valence-corrected chi connectivity index (χ1v) is 10.1. The van der Waals surface area contributed by atoms with Crippen molar-refractivity contribution in [1.29, 1.82) is 0 Å². The van der Waals surface area contributed by atoms with E-state index >= 15 is 0 Å². The van der Waals surface area contributed by atoms with Crippen LogP contribution in [-0.4, -0.2) is 27.3 Å². The van der Waals surface area contributed by atoms with Crippen molar-refractivity contribution in [2.45, 2.75) is 6.92 Å². The molecule has 7 nitrogen and oxygen atoms in total. The maximum absolute atomic E-state index is 6.10. The SMILES string of the molecule is COc1ccc2c(Oc3ccc(Nc4n[nH]c(-c5cccc(C)c5)n4)cc3)ccnc2c1. The predicted molar refractivity (Wildman–Crippen MR) is 125 cm³/mol. The van der Waals surface area contributed by atoms with Crippen molar-refractivity contribution in [3.63, 3.8) is 0 Å². The number of aromatic nitrogens is 4. The van der Waals surface area contributed by atoms with Crippen LogP contribution < -0.4 is 14.8 Å². The summed E-state index contributed by atoms with van der Waals surface area (Å²) in [7, 11) is 1.64. The molecule has 3 aromatic carbocycles. The lowest BCUT2D eigenvalue weighted by Gasteiger charge is -2.10. The zero-order valence-electron chi connectivity index (χ0n) is 17.7. The Morgan fingerprint density at radius 3 is 2.56 bits per heavy atom. The molecule has 2 heterocycles. The van der Waals surface area contributed by atoms with Crippen molar-refractivity contribution >= 4 is 22.5 Å². The molecule has 0 aliphatic heterocycles. The second-order valence-electron chi connectivity index (χ2n) is 7.32. The standard InChI is InChI=1S/C25H21N5O2/c1-16-4-3-5-17(14-16)24-28-25(30-29-24)27-18-6-8-19(9-7-18)32-23-12-13-26-22-15-20(31-2)10-11-21(22)23/h3-15H,1-2H3,(H2,27,28,29,30). The molecule has 0 amide bonds. The molecule has 7 heteroatoms. The molecule has 0 unspecified atom stereocenters. The van der Waals surface area contributed by atoms with Gasteiger partial charge in [0.15, 0.2) is 5.82 Å². The van der Waals surface area contributed by atoms with Gasteiger partial charge in [-0.2, -0.15) is 4.98 Å². The van der Waals surface area contributed by atoms with Gasteiger partial charge in [0.25, 0.3) is 0 Å². The Morgan fingerprint density at radius 2 is 1.75 bits per heavy atom. The van der Waals surface area contributed by atoms with Gasteiger partial charge in [-0.15, -0.1) is 5.10 Å². The van der Waals surface area contributed by atoms with Crippen LogP contribution in [0.5, 0.6) is 17.2 Å². The lowest BCUT2D eigenvalue weighted by atomic mass is 10.1. The van der Waals surface area contributed by atoms with E-state index in [0.717, 1.165) is 39.5 Å². The van der Waals surface area contributed by atoms with Gasteiger partial charge < -0.3 is 14.8 Å². The molecule has 2 N–H and O–H groups in total. The molecule has 5 aromatic rings. The van der Waals surface area contributed by atoms with Gasteiger partial charge >= 0.3 is 0 Å². The normalized spacial score (nSPS) is 10.8. The van der Waals surface area contributed by atoms with Crippen LogP contribution >= 0.6 is 0 Å². The fraction of sp³-hybridized carbons (Fsp3) is 0.0800. The van der Waals surface area contributed by atoms with E-state index in [1.165, 1.54) is 5.56 Å². The third-order valence-electron chi connectivity index (χ3n) is 5.03. The van der Waals surface area contributed by atoms with E-state index in [1.54, 1.807) is 13.3 Å². The number of nitrogens with zero attached hydrogens (tertiary/aromatic N) is 3. The van der Waals surface area contributed by atoms with Gasteiger partial charge in [-0.3, -0.25) is 10.1 Å². The Bertz CT molecular complexity index is 1380. The highest BCUT2D eigenvalue weighted by Crippen LogP contribution is 2.31. The number of hydrogen-bond donors (Lipinski definition) is 2. The van der Waals surface area contributed by atoms with Crippen molar-refractivity contribution in [3.8, 4) is 28.6 Å². The van der Waals surface area contributed by atoms with Crippen LogP contribution in [-0.2, 0) is 0 Å². The highest BCUT2D eigenvalue weighted by Gasteiger charge is 2.08. The monoisotopic (exact) mass is 423 g/mol. The van der Waals surface area contributed by atoms with Crippen LogP contribution in [0.2, 0.25) is 0 Å². The van der Waals surface area contributed by atoms with Gasteiger partial charge in [-0.05, 0) is 55.5 Å². The van der Waals surface area contributed by atoms with Crippen molar-refractivity contribution in [3.05, 3.63) is 84.6 Å². The summed E-state index contributed by atoms with van der Waals surface area (Å²) in [5.41, 5.74) is 3.84. The molecule has 0 bridgehead atoms. The van der Waals surface area contributed by atoms with Gasteiger partial charge in [0, 0.05) is 28.9 Å². The molecular formula is C25H21N5O2. The second-order valence-corrected chi connectivity index (χ2v) is 7.32. The van der Waals surface area contributed by atoms with Crippen LogP contribution in [0.4, 0.5) is 11.6 Å². The summed E-state index contributed by atoms with van der Waals surface area (Å²) in [6, 6.07) is 23.3. The number of rotatable bonds is 6. The maximum Gasteiger partial charge on any atom is 0.246 e. The molecule has 2 aromatic heterocycles. The highest BCUT2D eigenvalue weighted by molar-refractivity contribution is 5.86. The zero-order chi connectivity index (χ0) is 21.9. The summed E-state index contributed by atoms with van der Waals surface area (Å²) in [5, 5.41) is 11.4. The van der Waals surface area contributed by atoms with Gasteiger partial charge in [-0.1, -0.05) is 23.8 Å². The number of hydrogen-bond acceptors (Lipinski definition) is 6. The number of nitrogens with one attached hydrogen (secondary N) is 2. The number of fused-ring (bicyclic) bond motifs is 1. The summed E-state index contributed by atoms with van der Waals surface area (Å²) in [5.74, 6) is 3.43. The number of anilines is 2. The molecule has 32 heavy (non-hydrogen) atoms. The molecule has 158 valence electrons. The van der Waals surface area contributed by atoms with Crippen molar-refractivity contribution in [2.75, 3.05) is 12.4 Å². The predicted octanol–water partition coefficient (Wildman–Crippen LogP) is 5.87. The maximum atomic E-state index is 6.10. The lowest BCUT2D eigenvalue weighted by Crippen LogP contribution is -1.93. The number of pyridine rings is 1. The largest absolute Gasteiger partial charge is 0.497 e. The minimum Gasteiger partial charge on any atom is -0.497 e. The number of methoxy groups -OCH3 is 1. The molecule has 0 aliphatic rings. The van der Waals surface area contributed by atoms with Gasteiger partial charge in [0.1, 0.15) is 17.2 Å². The van der Waals surface area contributed by atoms with E-state index in [4.69, 9.17) is 9.47 Å². The lowest BCUT2D eigenvalue weighted by molar-refractivity contribution is 0.415. The molecule has 0 fully saturated rings. The first kappa shape index (κ1) is 19.6. The summed E-state index contributed by atoms with van der Waals surface area (Å²) in [6.07, 6.45) is 1.72. The fourth-order valence-corrected chi connectivity index (χ4v) is 3.42. The molecule has 0 aliphatic carbocycles. The molecule has 5 rings (SSSR count). The van der Waals surface area contributed by atoms with E-state index in [0.29, 0.717) is 11.7 Å². The number of ether oxygens (including phenoxy) is 2. The Kier molecular flexibility index (Phi) is 5.13. The average Bonchev–Trinajstić information content (AvgIpc) is 3.29. The van der Waals surface area contributed by atoms with Crippen LogP contribution in [0.15, 0.2) is 79.0 Å². The minimum absolute atomic E-state index is 0.504. The third-order valence-corrected chi connectivity index (χ3v) is 5.03. The number of H-pyrrole nitrogens is 1. The van der Waals surface area contributed by atoms with Gasteiger partial charge in [-0.25, -0.2) is 0 Å². The quantitative estimate of drug-likeness (QED) is 0.355. The first-order chi connectivity index (χ1) is 15.7. The highest BCUT2D eigenvalue weighted by atomic mass is 16.5. The Morgan fingerprint density at radius 1 is 0.906 bits per heavy atom. The average molecular weight is 423 g/mol. The molecule has 0 saturated carbocycles. The molecule has 0 atom stereocenters. The first-order valence-electron chi connectivity index (χ1n) is 10.1. The molecule has 0 saturated heterocycles. The third kappa shape index (κ3) is 4.09.